The Hall–Kier alpha value is -0.610. The third-order valence-corrected chi connectivity index (χ3v) is 3.14. The lowest BCUT2D eigenvalue weighted by atomic mass is 10.2. The van der Waals surface area contributed by atoms with Crippen LogP contribution in [-0.2, 0) is 10.1 Å². The first-order valence-corrected chi connectivity index (χ1v) is 6.36. The zero-order valence-electron chi connectivity index (χ0n) is 8.66. The van der Waals surface area contributed by atoms with E-state index in [2.05, 4.69) is 31.9 Å². The average Bonchev–Trinajstić information content (AvgIpc) is 2.57. The van der Waals surface area contributed by atoms with E-state index in [1.807, 2.05) is 12.3 Å². The van der Waals surface area contributed by atoms with E-state index in [1.165, 1.54) is 5.56 Å². The first-order valence-electron chi connectivity index (χ1n) is 5.24. The highest BCUT2D eigenvalue weighted by molar-refractivity contribution is 9.08. The van der Waals surface area contributed by atoms with Gasteiger partial charge in [-0.1, -0.05) is 22.0 Å². The van der Waals surface area contributed by atoms with Gasteiger partial charge in [0.2, 0.25) is 0 Å². The Labute approximate surface area is 98.6 Å². The van der Waals surface area contributed by atoms with Gasteiger partial charge < -0.3 is 9.64 Å². The molecule has 1 fully saturated rings. The zero-order chi connectivity index (χ0) is 10.5. The SMILES string of the molecule is BrCc1cccnc1N1CCCOCC1. The number of anilines is 1. The number of nitrogens with zero attached hydrogens (tertiary/aromatic N) is 2. The molecule has 0 saturated carbocycles. The minimum Gasteiger partial charge on any atom is -0.380 e. The van der Waals surface area contributed by atoms with Gasteiger partial charge in [-0.25, -0.2) is 4.98 Å². The Balaban J connectivity index is 2.18. The molecule has 1 aliphatic rings. The van der Waals surface area contributed by atoms with Gasteiger partial charge in [0, 0.05) is 36.8 Å². The fourth-order valence-corrected chi connectivity index (χ4v) is 2.21. The van der Waals surface area contributed by atoms with Crippen LogP contribution in [0.5, 0.6) is 0 Å². The molecule has 3 nitrogen and oxygen atoms in total. The van der Waals surface area contributed by atoms with Crippen LogP contribution in [0.15, 0.2) is 18.3 Å². The van der Waals surface area contributed by atoms with Crippen molar-refractivity contribution in [2.75, 3.05) is 31.2 Å². The number of hydrogen-bond acceptors (Lipinski definition) is 3. The maximum atomic E-state index is 5.44. The Morgan fingerprint density at radius 1 is 1.40 bits per heavy atom. The monoisotopic (exact) mass is 270 g/mol. The van der Waals surface area contributed by atoms with Crippen LogP contribution in [-0.4, -0.2) is 31.3 Å². The molecule has 0 radical (unpaired) electrons. The zero-order valence-corrected chi connectivity index (χ0v) is 10.2. The van der Waals surface area contributed by atoms with Crippen molar-refractivity contribution in [1.29, 1.82) is 0 Å². The normalized spacial score (nSPS) is 17.5. The van der Waals surface area contributed by atoms with Gasteiger partial charge >= 0.3 is 0 Å². The Morgan fingerprint density at radius 2 is 2.33 bits per heavy atom. The molecule has 1 saturated heterocycles. The average molecular weight is 271 g/mol. The molecule has 0 aliphatic carbocycles. The topological polar surface area (TPSA) is 25.4 Å². The third-order valence-electron chi connectivity index (χ3n) is 2.53. The van der Waals surface area contributed by atoms with Gasteiger partial charge in [-0.15, -0.1) is 0 Å². The van der Waals surface area contributed by atoms with Gasteiger partial charge in [-0.2, -0.15) is 0 Å². The molecule has 15 heavy (non-hydrogen) atoms. The van der Waals surface area contributed by atoms with E-state index < -0.39 is 0 Å². The lowest BCUT2D eigenvalue weighted by Gasteiger charge is -2.22. The number of aromatic nitrogens is 1. The molecule has 4 heteroatoms. The van der Waals surface area contributed by atoms with Gasteiger partial charge in [0.1, 0.15) is 5.82 Å². The van der Waals surface area contributed by atoms with Crippen molar-refractivity contribution in [3.8, 4) is 0 Å². The predicted octanol–water partition coefficient (Wildman–Crippen LogP) is 2.20. The number of pyridine rings is 1. The van der Waals surface area contributed by atoms with Crippen molar-refractivity contribution >= 4 is 21.7 Å². The van der Waals surface area contributed by atoms with Crippen LogP contribution < -0.4 is 4.90 Å². The van der Waals surface area contributed by atoms with Gasteiger partial charge in [-0.3, -0.25) is 0 Å². The van der Waals surface area contributed by atoms with Gasteiger partial charge in [0.15, 0.2) is 0 Å². The Morgan fingerprint density at radius 3 is 3.20 bits per heavy atom. The predicted molar refractivity (Wildman–Crippen MR) is 64.5 cm³/mol. The maximum absolute atomic E-state index is 5.44. The molecule has 0 spiro atoms. The highest BCUT2D eigenvalue weighted by Crippen LogP contribution is 2.20. The summed E-state index contributed by atoms with van der Waals surface area (Å²) in [6.07, 6.45) is 2.94. The molecule has 0 atom stereocenters. The second-order valence-electron chi connectivity index (χ2n) is 3.57. The molecular formula is C11H15BrN2O. The van der Waals surface area contributed by atoms with Gasteiger partial charge in [0.05, 0.1) is 6.61 Å². The molecule has 1 aromatic rings. The summed E-state index contributed by atoms with van der Waals surface area (Å²) < 4.78 is 5.44. The second kappa shape index (κ2) is 5.47. The number of rotatable bonds is 2. The maximum Gasteiger partial charge on any atom is 0.132 e. The smallest absolute Gasteiger partial charge is 0.132 e. The standard InChI is InChI=1S/C11H15BrN2O/c12-9-10-3-1-4-13-11(10)14-5-2-7-15-8-6-14/h1,3-4H,2,5-9H2. The fraction of sp³-hybridized carbons (Fsp3) is 0.545. The first-order chi connectivity index (χ1) is 7.42. The van der Waals surface area contributed by atoms with Crippen LogP contribution in [0.1, 0.15) is 12.0 Å². The molecule has 0 bridgehead atoms. The van der Waals surface area contributed by atoms with Crippen molar-refractivity contribution < 1.29 is 4.74 Å². The lowest BCUT2D eigenvalue weighted by Crippen LogP contribution is -2.27. The molecule has 0 N–H and O–H groups in total. The van der Waals surface area contributed by atoms with Gasteiger partial charge in [-0.05, 0) is 12.5 Å². The molecule has 82 valence electrons. The molecule has 1 aromatic heterocycles. The molecule has 0 amide bonds. The molecule has 2 heterocycles. The number of ether oxygens (including phenoxy) is 1. The lowest BCUT2D eigenvalue weighted by molar-refractivity contribution is 0.152. The summed E-state index contributed by atoms with van der Waals surface area (Å²) >= 11 is 3.50. The molecule has 0 unspecified atom stereocenters. The van der Waals surface area contributed by atoms with Crippen molar-refractivity contribution in [2.45, 2.75) is 11.8 Å². The van der Waals surface area contributed by atoms with Crippen LogP contribution in [0.2, 0.25) is 0 Å². The molecular weight excluding hydrogens is 256 g/mol. The fourth-order valence-electron chi connectivity index (χ4n) is 1.78. The van der Waals surface area contributed by atoms with Crippen molar-refractivity contribution in [3.63, 3.8) is 0 Å². The summed E-state index contributed by atoms with van der Waals surface area (Å²) in [4.78, 5) is 6.76. The quantitative estimate of drug-likeness (QED) is 0.771. The summed E-state index contributed by atoms with van der Waals surface area (Å²) in [6, 6.07) is 4.09. The highest BCUT2D eigenvalue weighted by Gasteiger charge is 2.13. The van der Waals surface area contributed by atoms with Crippen LogP contribution in [0, 0.1) is 0 Å². The van der Waals surface area contributed by atoms with Crippen LogP contribution in [0.3, 0.4) is 0 Å². The number of halogens is 1. The minimum absolute atomic E-state index is 0.804. The summed E-state index contributed by atoms with van der Waals surface area (Å²) in [7, 11) is 0. The van der Waals surface area contributed by atoms with E-state index in [4.69, 9.17) is 4.74 Å². The number of hydrogen-bond donors (Lipinski definition) is 0. The molecule has 0 aromatic carbocycles. The minimum atomic E-state index is 0.804. The number of alkyl halides is 1. The van der Waals surface area contributed by atoms with E-state index in [1.54, 1.807) is 0 Å². The largest absolute Gasteiger partial charge is 0.380 e. The van der Waals surface area contributed by atoms with Gasteiger partial charge in [0.25, 0.3) is 0 Å². The highest BCUT2D eigenvalue weighted by atomic mass is 79.9. The first kappa shape index (κ1) is 10.9. The Bertz CT molecular complexity index is 311. The van der Waals surface area contributed by atoms with E-state index in [9.17, 15) is 0 Å². The van der Waals surface area contributed by atoms with E-state index in [-0.39, 0.29) is 0 Å². The van der Waals surface area contributed by atoms with E-state index in [0.717, 1.165) is 43.9 Å². The summed E-state index contributed by atoms with van der Waals surface area (Å²) in [6.45, 7) is 3.65. The summed E-state index contributed by atoms with van der Waals surface area (Å²) in [5.74, 6) is 1.10. The molecule has 2 rings (SSSR count). The Kier molecular flexibility index (Phi) is 3.97. The van der Waals surface area contributed by atoms with Crippen LogP contribution in [0.4, 0.5) is 5.82 Å². The van der Waals surface area contributed by atoms with Crippen molar-refractivity contribution in [1.82, 2.24) is 4.98 Å². The van der Waals surface area contributed by atoms with Crippen LogP contribution in [0.25, 0.3) is 0 Å². The molecule has 1 aliphatic heterocycles. The summed E-state index contributed by atoms with van der Waals surface area (Å²) in [5.41, 5.74) is 1.25. The van der Waals surface area contributed by atoms with Crippen molar-refractivity contribution in [3.05, 3.63) is 23.9 Å². The third kappa shape index (κ3) is 2.69. The van der Waals surface area contributed by atoms with E-state index in [0.29, 0.717) is 0 Å². The van der Waals surface area contributed by atoms with E-state index >= 15 is 0 Å². The second-order valence-corrected chi connectivity index (χ2v) is 4.13. The van der Waals surface area contributed by atoms with Crippen LogP contribution >= 0.6 is 15.9 Å². The van der Waals surface area contributed by atoms with Crippen molar-refractivity contribution in [2.24, 2.45) is 0 Å². The summed E-state index contributed by atoms with van der Waals surface area (Å²) in [5, 5.41) is 0.855.